The lowest BCUT2D eigenvalue weighted by Crippen LogP contribution is -2.52. The number of hydrogen-bond acceptors (Lipinski definition) is 3. The first kappa shape index (κ1) is 23.2. The molecule has 0 aromatic rings. The molecular formula is C17H34BNO4Si. The summed E-state index contributed by atoms with van der Waals surface area (Å²) in [5, 5.41) is 12.0. The average Bonchev–Trinajstić information content (AvgIpc) is 2.33. The molecule has 1 amide bonds. The summed E-state index contributed by atoms with van der Waals surface area (Å²) in [4.78, 5) is 22.7. The van der Waals surface area contributed by atoms with Crippen LogP contribution in [0.2, 0.25) is 18.1 Å². The van der Waals surface area contributed by atoms with Crippen molar-refractivity contribution in [1.82, 2.24) is 5.32 Å². The Labute approximate surface area is 149 Å². The molecule has 0 rings (SSSR count). The highest BCUT2D eigenvalue weighted by Crippen LogP contribution is 2.38. The van der Waals surface area contributed by atoms with Gasteiger partial charge in [-0.15, -0.1) is 0 Å². The van der Waals surface area contributed by atoms with Gasteiger partial charge >= 0.3 is 5.97 Å². The Bertz CT molecular complexity index is 435. The zero-order chi connectivity index (χ0) is 19.3. The normalized spacial score (nSPS) is 16.5. The summed E-state index contributed by atoms with van der Waals surface area (Å²) in [6.07, 6.45) is 0.667. The second-order valence-corrected chi connectivity index (χ2v) is 13.4. The molecule has 0 aromatic heterocycles. The monoisotopic (exact) mass is 355 g/mol. The van der Waals surface area contributed by atoms with Crippen molar-refractivity contribution in [2.45, 2.75) is 84.7 Å². The van der Waals surface area contributed by atoms with E-state index in [-0.39, 0.29) is 17.2 Å². The van der Waals surface area contributed by atoms with Crippen LogP contribution in [-0.2, 0) is 9.22 Å². The van der Waals surface area contributed by atoms with Crippen LogP contribution in [0.5, 0.6) is 0 Å². The molecule has 5 nitrogen and oxygen atoms in total. The highest BCUT2D eigenvalue weighted by atomic mass is 28.4. The van der Waals surface area contributed by atoms with Gasteiger partial charge in [0.25, 0.3) is 0 Å². The molecular weight excluding hydrogens is 321 g/mol. The topological polar surface area (TPSA) is 75.6 Å². The standard InChI is InChI=1S/C17H34BNO4Si/c1-11(2)9-13(19-16(18)22)14(10-12(3)15(20)21)23-24(7,8)17(4,5)6/h11-14H,9-10H2,1-8H3,(H,19,22)(H,20,21)/t12-,13+,14+/m1/s1. The molecule has 2 N–H and O–H groups in total. The molecule has 138 valence electrons. The first-order valence-electron chi connectivity index (χ1n) is 8.64. The van der Waals surface area contributed by atoms with Crippen molar-refractivity contribution in [3.63, 3.8) is 0 Å². The number of hydrogen-bond donors (Lipinski definition) is 2. The summed E-state index contributed by atoms with van der Waals surface area (Å²) in [6.45, 7) is 16.4. The van der Waals surface area contributed by atoms with Crippen LogP contribution in [0.3, 0.4) is 0 Å². The summed E-state index contributed by atoms with van der Waals surface area (Å²) in [5.74, 6) is -1.69. The number of carboxylic acids is 1. The maximum absolute atomic E-state index is 11.4. The number of rotatable bonds is 9. The van der Waals surface area contributed by atoms with Crippen LogP contribution in [0.4, 0.5) is 4.79 Å². The zero-order valence-electron chi connectivity index (χ0n) is 16.5. The smallest absolute Gasteiger partial charge is 0.306 e. The molecule has 24 heavy (non-hydrogen) atoms. The van der Waals surface area contributed by atoms with Crippen molar-refractivity contribution >= 4 is 27.9 Å². The second kappa shape index (κ2) is 9.04. The SMILES string of the molecule is [B]C(=O)N[C@@H](CC(C)C)[C@H](C[C@@H](C)C(=O)O)O[Si](C)(C)C(C)(C)C. The van der Waals surface area contributed by atoms with Crippen LogP contribution in [-0.4, -0.2) is 45.2 Å². The molecule has 2 radical (unpaired) electrons. The van der Waals surface area contributed by atoms with Crippen LogP contribution < -0.4 is 5.32 Å². The number of carboxylic acid groups (broad SMARTS) is 1. The zero-order valence-corrected chi connectivity index (χ0v) is 17.5. The molecule has 0 aliphatic carbocycles. The van der Waals surface area contributed by atoms with Gasteiger partial charge < -0.3 is 14.8 Å². The Morgan fingerprint density at radius 3 is 2.00 bits per heavy atom. The molecule has 0 fully saturated rings. The van der Waals surface area contributed by atoms with Crippen molar-refractivity contribution in [1.29, 1.82) is 0 Å². The van der Waals surface area contributed by atoms with E-state index in [2.05, 4.69) is 53.0 Å². The lowest BCUT2D eigenvalue weighted by molar-refractivity contribution is -0.142. The average molecular weight is 355 g/mol. The summed E-state index contributed by atoms with van der Waals surface area (Å²) in [6, 6.07) is -0.293. The minimum absolute atomic E-state index is 0.00713. The summed E-state index contributed by atoms with van der Waals surface area (Å²) in [7, 11) is 3.22. The number of carbonyl (C=O) groups excluding carboxylic acids is 1. The molecule has 0 aromatic carbocycles. The molecule has 0 bridgehead atoms. The Hall–Kier alpha value is -0.818. The van der Waals surface area contributed by atoms with Crippen LogP contribution in [0.1, 0.15) is 54.4 Å². The van der Waals surface area contributed by atoms with Crippen molar-refractivity contribution in [2.24, 2.45) is 11.8 Å². The first-order chi connectivity index (χ1) is 10.7. The predicted octanol–water partition coefficient (Wildman–Crippen LogP) is 3.78. The minimum Gasteiger partial charge on any atom is -0.481 e. The Kier molecular flexibility index (Phi) is 8.73. The molecule has 0 aliphatic rings. The van der Waals surface area contributed by atoms with Crippen LogP contribution in [0.15, 0.2) is 0 Å². The van der Waals surface area contributed by atoms with Gasteiger partial charge in [0.05, 0.1) is 18.1 Å². The third-order valence-corrected chi connectivity index (χ3v) is 9.27. The number of nitrogens with one attached hydrogen (secondary N) is 1. The third kappa shape index (κ3) is 7.84. The van der Waals surface area contributed by atoms with Gasteiger partial charge in [-0.05, 0) is 36.9 Å². The van der Waals surface area contributed by atoms with Crippen molar-refractivity contribution < 1.29 is 19.1 Å². The molecule has 0 heterocycles. The highest BCUT2D eigenvalue weighted by Gasteiger charge is 2.41. The maximum atomic E-state index is 11.4. The molecule has 0 aliphatic heterocycles. The minimum atomic E-state index is -2.12. The van der Waals surface area contributed by atoms with Crippen molar-refractivity contribution in [3.05, 3.63) is 0 Å². The van der Waals surface area contributed by atoms with Gasteiger partial charge in [0, 0.05) is 0 Å². The van der Waals surface area contributed by atoms with Gasteiger partial charge in [-0.2, -0.15) is 0 Å². The molecule has 0 spiro atoms. The highest BCUT2D eigenvalue weighted by molar-refractivity contribution is 6.74. The summed E-state index contributed by atoms with van der Waals surface area (Å²) in [5.41, 5.74) is 0. The molecule has 0 unspecified atom stereocenters. The fourth-order valence-corrected chi connectivity index (χ4v) is 3.66. The van der Waals surface area contributed by atoms with Gasteiger partial charge in [-0.25, -0.2) is 0 Å². The van der Waals surface area contributed by atoms with E-state index in [0.717, 1.165) is 0 Å². The van der Waals surface area contributed by atoms with E-state index in [1.54, 1.807) is 6.92 Å². The van der Waals surface area contributed by atoms with Crippen LogP contribution >= 0.6 is 0 Å². The van der Waals surface area contributed by atoms with E-state index in [1.165, 1.54) is 0 Å². The number of carbonyl (C=O) groups is 2. The Balaban J connectivity index is 5.55. The van der Waals surface area contributed by atoms with E-state index < -0.39 is 26.0 Å². The van der Waals surface area contributed by atoms with E-state index in [9.17, 15) is 14.7 Å². The Morgan fingerprint density at radius 1 is 1.17 bits per heavy atom. The number of amides is 1. The van der Waals surface area contributed by atoms with E-state index in [1.807, 2.05) is 0 Å². The molecule has 7 heteroatoms. The predicted molar refractivity (Wildman–Crippen MR) is 101 cm³/mol. The molecule has 3 atom stereocenters. The van der Waals surface area contributed by atoms with Crippen molar-refractivity contribution in [3.8, 4) is 0 Å². The second-order valence-electron chi connectivity index (χ2n) is 8.64. The summed E-state index contributed by atoms with van der Waals surface area (Å²) < 4.78 is 6.49. The van der Waals surface area contributed by atoms with Crippen molar-refractivity contribution in [2.75, 3.05) is 0 Å². The lowest BCUT2D eigenvalue weighted by atomic mass is 9.92. The van der Waals surface area contributed by atoms with Gasteiger partial charge in [0.2, 0.25) is 7.85 Å². The maximum Gasteiger partial charge on any atom is 0.306 e. The van der Waals surface area contributed by atoms with Crippen LogP contribution in [0.25, 0.3) is 0 Å². The van der Waals surface area contributed by atoms with Crippen LogP contribution in [0, 0.1) is 11.8 Å². The molecule has 0 saturated carbocycles. The first-order valence-corrected chi connectivity index (χ1v) is 11.5. The van der Waals surface area contributed by atoms with E-state index in [4.69, 9.17) is 12.3 Å². The lowest BCUT2D eigenvalue weighted by Gasteiger charge is -2.42. The Morgan fingerprint density at radius 2 is 1.67 bits per heavy atom. The largest absolute Gasteiger partial charge is 0.481 e. The van der Waals surface area contributed by atoms with Gasteiger partial charge in [0.1, 0.15) is 0 Å². The van der Waals surface area contributed by atoms with Gasteiger partial charge in [-0.3, -0.25) is 9.59 Å². The van der Waals surface area contributed by atoms with E-state index in [0.29, 0.717) is 18.8 Å². The fraction of sp³-hybridized carbons (Fsp3) is 0.882. The number of aliphatic carboxylic acids is 1. The molecule has 0 saturated heterocycles. The third-order valence-electron chi connectivity index (χ3n) is 4.76. The van der Waals surface area contributed by atoms with Gasteiger partial charge in [-0.1, -0.05) is 41.5 Å². The van der Waals surface area contributed by atoms with Gasteiger partial charge in [0.15, 0.2) is 14.1 Å². The van der Waals surface area contributed by atoms with E-state index >= 15 is 0 Å². The summed E-state index contributed by atoms with van der Waals surface area (Å²) >= 11 is 0. The fourth-order valence-electron chi connectivity index (χ4n) is 2.29. The quantitative estimate of drug-likeness (QED) is 0.617.